The molecule has 1 fully saturated rings. The monoisotopic (exact) mass is 423 g/mol. The second-order valence-electron chi connectivity index (χ2n) is 8.70. The SMILES string of the molecule is CN(C)C(=O)c1cc2c(Cl)cc(C3CCCN(C(=O)OC(C)(C)C)C3)c(F)c2[nH]1. The van der Waals surface area contributed by atoms with Gasteiger partial charge in [0.25, 0.3) is 5.91 Å². The number of nitrogens with zero attached hydrogens (tertiary/aromatic N) is 2. The predicted molar refractivity (Wildman–Crippen MR) is 111 cm³/mol. The average molecular weight is 424 g/mol. The molecule has 3 rings (SSSR count). The standard InChI is InChI=1S/C21H27ClFN3O3/c1-21(2,3)29-20(28)26-8-6-7-12(11-26)13-9-15(22)14-10-16(19(27)25(4)5)24-18(14)17(13)23/h9-10,12,24H,6-8,11H2,1-5H3. The van der Waals surface area contributed by atoms with E-state index in [1.165, 1.54) is 4.90 Å². The summed E-state index contributed by atoms with van der Waals surface area (Å²) in [5.74, 6) is -0.889. The minimum Gasteiger partial charge on any atom is -0.444 e. The van der Waals surface area contributed by atoms with Crippen LogP contribution in [-0.2, 0) is 4.74 Å². The summed E-state index contributed by atoms with van der Waals surface area (Å²) in [7, 11) is 3.26. The van der Waals surface area contributed by atoms with Gasteiger partial charge in [-0.25, -0.2) is 9.18 Å². The largest absolute Gasteiger partial charge is 0.444 e. The molecule has 0 aliphatic carbocycles. The lowest BCUT2D eigenvalue weighted by molar-refractivity contribution is 0.0197. The van der Waals surface area contributed by atoms with Crippen LogP contribution in [0.2, 0.25) is 5.02 Å². The first-order valence-electron chi connectivity index (χ1n) is 9.68. The van der Waals surface area contributed by atoms with Gasteiger partial charge in [-0.1, -0.05) is 11.6 Å². The van der Waals surface area contributed by atoms with Gasteiger partial charge < -0.3 is 19.5 Å². The van der Waals surface area contributed by atoms with Crippen molar-refractivity contribution in [1.29, 1.82) is 0 Å². The Hall–Kier alpha value is -2.28. The van der Waals surface area contributed by atoms with Crippen LogP contribution in [0.5, 0.6) is 0 Å². The molecule has 29 heavy (non-hydrogen) atoms. The van der Waals surface area contributed by atoms with Gasteiger partial charge >= 0.3 is 6.09 Å². The van der Waals surface area contributed by atoms with Crippen LogP contribution in [0.3, 0.4) is 0 Å². The number of aromatic nitrogens is 1. The second-order valence-corrected chi connectivity index (χ2v) is 9.11. The molecule has 1 aliphatic rings. The fourth-order valence-corrected chi connectivity index (χ4v) is 3.88. The molecule has 1 atom stereocenters. The highest BCUT2D eigenvalue weighted by atomic mass is 35.5. The highest BCUT2D eigenvalue weighted by Crippen LogP contribution is 2.36. The van der Waals surface area contributed by atoms with Crippen LogP contribution < -0.4 is 0 Å². The third-order valence-electron chi connectivity index (χ3n) is 4.98. The summed E-state index contributed by atoms with van der Waals surface area (Å²) in [6.45, 7) is 6.39. The molecule has 2 heterocycles. The summed E-state index contributed by atoms with van der Waals surface area (Å²) < 4.78 is 20.8. The molecule has 0 radical (unpaired) electrons. The number of carbonyl (C=O) groups excluding carboxylic acids is 2. The average Bonchev–Trinajstić information content (AvgIpc) is 3.09. The Kier molecular flexibility index (Phi) is 5.81. The number of hydrogen-bond donors (Lipinski definition) is 1. The molecule has 2 amide bonds. The summed E-state index contributed by atoms with van der Waals surface area (Å²) in [5, 5.41) is 0.845. The van der Waals surface area contributed by atoms with Gasteiger partial charge in [-0.3, -0.25) is 4.79 Å². The number of hydrogen-bond acceptors (Lipinski definition) is 3. The Morgan fingerprint density at radius 1 is 1.31 bits per heavy atom. The van der Waals surface area contributed by atoms with E-state index in [0.29, 0.717) is 29.1 Å². The van der Waals surface area contributed by atoms with Gasteiger partial charge in [0, 0.05) is 38.5 Å². The van der Waals surface area contributed by atoms with Gasteiger partial charge in [0.15, 0.2) is 5.82 Å². The van der Waals surface area contributed by atoms with Crippen molar-refractivity contribution in [3.05, 3.63) is 34.2 Å². The third-order valence-corrected chi connectivity index (χ3v) is 5.29. The number of aromatic amines is 1. The Morgan fingerprint density at radius 3 is 2.62 bits per heavy atom. The van der Waals surface area contributed by atoms with Crippen molar-refractivity contribution >= 4 is 34.5 Å². The maximum atomic E-state index is 15.4. The molecule has 0 bridgehead atoms. The van der Waals surface area contributed by atoms with Crippen molar-refractivity contribution in [2.75, 3.05) is 27.2 Å². The smallest absolute Gasteiger partial charge is 0.410 e. The predicted octanol–water partition coefficient (Wildman–Crippen LogP) is 4.78. The van der Waals surface area contributed by atoms with Crippen molar-refractivity contribution in [2.24, 2.45) is 0 Å². The first-order valence-corrected chi connectivity index (χ1v) is 10.1. The summed E-state index contributed by atoms with van der Waals surface area (Å²) >= 11 is 6.42. The van der Waals surface area contributed by atoms with E-state index in [9.17, 15) is 9.59 Å². The molecule has 0 saturated carbocycles. The highest BCUT2D eigenvalue weighted by Gasteiger charge is 2.31. The number of amides is 2. The van der Waals surface area contributed by atoms with Gasteiger partial charge in [-0.15, -0.1) is 0 Å². The first-order chi connectivity index (χ1) is 13.5. The number of ether oxygens (including phenoxy) is 1. The van der Waals surface area contributed by atoms with E-state index in [0.717, 1.165) is 12.8 Å². The molecular weight excluding hydrogens is 397 g/mol. The second kappa shape index (κ2) is 7.86. The Morgan fingerprint density at radius 2 is 2.00 bits per heavy atom. The van der Waals surface area contributed by atoms with Crippen molar-refractivity contribution in [1.82, 2.24) is 14.8 Å². The number of halogens is 2. The van der Waals surface area contributed by atoms with Gasteiger partial charge in [-0.2, -0.15) is 0 Å². The number of benzene rings is 1. The normalized spacial score (nSPS) is 17.5. The molecule has 2 aromatic rings. The van der Waals surface area contributed by atoms with E-state index in [2.05, 4.69) is 4.98 Å². The van der Waals surface area contributed by atoms with E-state index in [-0.39, 0.29) is 23.0 Å². The molecule has 0 spiro atoms. The van der Waals surface area contributed by atoms with Gasteiger partial charge in [0.05, 0.1) is 10.5 Å². The zero-order chi connectivity index (χ0) is 21.5. The maximum Gasteiger partial charge on any atom is 0.410 e. The number of rotatable bonds is 2. The lowest BCUT2D eigenvalue weighted by Crippen LogP contribution is -2.42. The third kappa shape index (κ3) is 4.50. The number of likely N-dealkylation sites (tertiary alicyclic amines) is 1. The van der Waals surface area contributed by atoms with E-state index >= 15 is 4.39 Å². The first kappa shape index (κ1) is 21.4. The molecule has 1 unspecified atom stereocenters. The Labute approximate surface area is 174 Å². The van der Waals surface area contributed by atoms with Crippen molar-refractivity contribution in [3.63, 3.8) is 0 Å². The fraction of sp³-hybridized carbons (Fsp3) is 0.524. The molecule has 1 aliphatic heterocycles. The van der Waals surface area contributed by atoms with E-state index < -0.39 is 17.5 Å². The fourth-order valence-electron chi connectivity index (χ4n) is 3.61. The highest BCUT2D eigenvalue weighted by molar-refractivity contribution is 6.35. The Balaban J connectivity index is 1.92. The molecule has 1 aromatic carbocycles. The number of nitrogens with one attached hydrogen (secondary N) is 1. The van der Waals surface area contributed by atoms with Gasteiger partial charge in [-0.05, 0) is 51.3 Å². The van der Waals surface area contributed by atoms with Crippen LogP contribution in [0.25, 0.3) is 10.9 Å². The van der Waals surface area contributed by atoms with Crippen LogP contribution in [0.1, 0.15) is 55.6 Å². The zero-order valence-electron chi connectivity index (χ0n) is 17.4. The maximum absolute atomic E-state index is 15.4. The lowest BCUT2D eigenvalue weighted by atomic mass is 9.90. The number of H-pyrrole nitrogens is 1. The summed E-state index contributed by atoms with van der Waals surface area (Å²) in [4.78, 5) is 30.6. The molecule has 1 N–H and O–H groups in total. The molecule has 1 saturated heterocycles. The van der Waals surface area contributed by atoms with E-state index in [1.54, 1.807) is 31.1 Å². The minimum atomic E-state index is -0.586. The van der Waals surface area contributed by atoms with Crippen LogP contribution in [-0.4, -0.2) is 59.6 Å². The Bertz CT molecular complexity index is 949. The quantitative estimate of drug-likeness (QED) is 0.756. The van der Waals surface area contributed by atoms with E-state index in [1.807, 2.05) is 20.8 Å². The minimum absolute atomic E-state index is 0.200. The van der Waals surface area contributed by atoms with Gasteiger partial charge in [0.1, 0.15) is 11.3 Å². The number of piperidine rings is 1. The van der Waals surface area contributed by atoms with Crippen LogP contribution >= 0.6 is 11.6 Å². The summed E-state index contributed by atoms with van der Waals surface area (Å²) in [6.07, 6.45) is 1.09. The number of fused-ring (bicyclic) bond motifs is 1. The molecule has 158 valence electrons. The van der Waals surface area contributed by atoms with E-state index in [4.69, 9.17) is 16.3 Å². The molecular formula is C21H27ClFN3O3. The molecule has 6 nitrogen and oxygen atoms in total. The topological polar surface area (TPSA) is 65.6 Å². The summed E-state index contributed by atoms with van der Waals surface area (Å²) in [6, 6.07) is 3.18. The van der Waals surface area contributed by atoms with Crippen LogP contribution in [0, 0.1) is 5.82 Å². The van der Waals surface area contributed by atoms with Crippen molar-refractivity contribution in [2.45, 2.75) is 45.1 Å². The van der Waals surface area contributed by atoms with Crippen LogP contribution in [0.4, 0.5) is 9.18 Å². The zero-order valence-corrected chi connectivity index (χ0v) is 18.2. The summed E-state index contributed by atoms with van der Waals surface area (Å²) in [5.41, 5.74) is 0.354. The van der Waals surface area contributed by atoms with Crippen LogP contribution in [0.15, 0.2) is 12.1 Å². The number of carbonyl (C=O) groups is 2. The van der Waals surface area contributed by atoms with Crippen molar-refractivity contribution < 1.29 is 18.7 Å². The molecule has 1 aromatic heterocycles. The van der Waals surface area contributed by atoms with Gasteiger partial charge in [0.2, 0.25) is 0 Å². The van der Waals surface area contributed by atoms with Crippen molar-refractivity contribution in [3.8, 4) is 0 Å². The molecule has 8 heteroatoms. The lowest BCUT2D eigenvalue weighted by Gasteiger charge is -2.34.